The van der Waals surface area contributed by atoms with E-state index >= 15 is 0 Å². The Morgan fingerprint density at radius 1 is 1.26 bits per heavy atom. The van der Waals surface area contributed by atoms with Gasteiger partial charge in [0.05, 0.1) is 5.71 Å². The first-order chi connectivity index (χ1) is 9.08. The Kier molecular flexibility index (Phi) is 2.52. The highest BCUT2D eigenvalue weighted by atomic mass is 16.7. The van der Waals surface area contributed by atoms with E-state index in [-0.39, 0.29) is 6.42 Å². The van der Waals surface area contributed by atoms with Gasteiger partial charge in [-0.3, -0.25) is 0 Å². The Morgan fingerprint density at radius 2 is 2.00 bits per heavy atom. The summed E-state index contributed by atoms with van der Waals surface area (Å²) in [5.74, 6) is -0.993. The molecular weight excluding hydrogens is 242 g/mol. The van der Waals surface area contributed by atoms with Crippen LogP contribution in [0.5, 0.6) is 0 Å². The second-order valence-corrected chi connectivity index (χ2v) is 4.90. The van der Waals surface area contributed by atoms with Crippen molar-refractivity contribution in [1.82, 2.24) is 0 Å². The fourth-order valence-corrected chi connectivity index (χ4v) is 2.18. The van der Waals surface area contributed by atoms with Crippen LogP contribution in [0, 0.1) is 0 Å². The molecular formula is C15H13NO3. The van der Waals surface area contributed by atoms with E-state index in [1.54, 1.807) is 0 Å². The van der Waals surface area contributed by atoms with Crippen LogP contribution >= 0.6 is 0 Å². The van der Waals surface area contributed by atoms with E-state index < -0.39 is 11.6 Å². The third-order valence-electron chi connectivity index (χ3n) is 3.40. The van der Waals surface area contributed by atoms with Gasteiger partial charge in [-0.1, -0.05) is 41.6 Å². The molecule has 3 rings (SSSR count). The Hall–Kier alpha value is -2.36. The van der Waals surface area contributed by atoms with Crippen molar-refractivity contribution in [3.8, 4) is 0 Å². The number of fused-ring (bicyclic) bond motifs is 1. The van der Waals surface area contributed by atoms with Crippen LogP contribution in [0.25, 0.3) is 10.8 Å². The molecule has 0 fully saturated rings. The minimum absolute atomic E-state index is 0.278. The van der Waals surface area contributed by atoms with E-state index in [0.717, 1.165) is 16.3 Å². The summed E-state index contributed by atoms with van der Waals surface area (Å²) >= 11 is 0. The van der Waals surface area contributed by atoms with Crippen LogP contribution in [0.15, 0.2) is 47.6 Å². The lowest BCUT2D eigenvalue weighted by Gasteiger charge is -2.14. The van der Waals surface area contributed by atoms with Crippen LogP contribution in [0.4, 0.5) is 0 Å². The van der Waals surface area contributed by atoms with E-state index in [2.05, 4.69) is 5.16 Å². The van der Waals surface area contributed by atoms with Crippen molar-refractivity contribution in [3.63, 3.8) is 0 Å². The molecule has 1 aliphatic heterocycles. The third kappa shape index (κ3) is 1.95. The summed E-state index contributed by atoms with van der Waals surface area (Å²) in [5, 5.41) is 15.3. The van der Waals surface area contributed by atoms with E-state index in [9.17, 15) is 4.79 Å². The second kappa shape index (κ2) is 4.09. The van der Waals surface area contributed by atoms with Gasteiger partial charge in [0, 0.05) is 12.0 Å². The van der Waals surface area contributed by atoms with E-state index in [0.29, 0.717) is 5.71 Å². The normalized spacial score (nSPS) is 22.1. The summed E-state index contributed by atoms with van der Waals surface area (Å²) in [4.78, 5) is 16.2. The van der Waals surface area contributed by atoms with Gasteiger partial charge in [0.1, 0.15) is 0 Å². The maximum absolute atomic E-state index is 11.1. The zero-order valence-electron chi connectivity index (χ0n) is 10.5. The molecule has 0 aliphatic carbocycles. The Labute approximate surface area is 110 Å². The maximum atomic E-state index is 11.1. The number of nitrogens with zero attached hydrogens (tertiary/aromatic N) is 1. The molecule has 2 aromatic rings. The number of rotatable bonds is 2. The molecule has 1 aliphatic rings. The monoisotopic (exact) mass is 255 g/mol. The summed E-state index contributed by atoms with van der Waals surface area (Å²) in [6, 6.07) is 14.0. The number of oxime groups is 1. The molecule has 1 atom stereocenters. The Balaban J connectivity index is 1.96. The van der Waals surface area contributed by atoms with Crippen molar-refractivity contribution in [2.24, 2.45) is 5.16 Å². The van der Waals surface area contributed by atoms with Crippen molar-refractivity contribution in [2.75, 3.05) is 0 Å². The number of hydrogen-bond acceptors (Lipinski definition) is 3. The van der Waals surface area contributed by atoms with E-state index in [1.807, 2.05) is 42.5 Å². The molecule has 0 radical (unpaired) electrons. The van der Waals surface area contributed by atoms with Gasteiger partial charge in [-0.15, -0.1) is 0 Å². The first-order valence-electron chi connectivity index (χ1n) is 6.06. The number of carbonyl (C=O) groups is 1. The van der Waals surface area contributed by atoms with E-state index in [1.165, 1.54) is 6.92 Å². The molecule has 0 saturated carbocycles. The number of carboxylic acid groups (broad SMARTS) is 1. The molecule has 0 amide bonds. The predicted octanol–water partition coefficient (Wildman–Crippen LogP) is 2.81. The topological polar surface area (TPSA) is 58.9 Å². The second-order valence-electron chi connectivity index (χ2n) is 4.90. The van der Waals surface area contributed by atoms with Crippen molar-refractivity contribution < 1.29 is 14.7 Å². The molecule has 1 N–H and O–H groups in total. The number of aliphatic carboxylic acids is 1. The van der Waals surface area contributed by atoms with Crippen molar-refractivity contribution in [3.05, 3.63) is 48.0 Å². The highest BCUT2D eigenvalue weighted by molar-refractivity contribution is 6.06. The van der Waals surface area contributed by atoms with Crippen LogP contribution in [0.2, 0.25) is 0 Å². The minimum atomic E-state index is -1.25. The molecule has 4 nitrogen and oxygen atoms in total. The highest BCUT2D eigenvalue weighted by Crippen LogP contribution is 2.28. The molecule has 4 heteroatoms. The highest BCUT2D eigenvalue weighted by Gasteiger charge is 2.42. The average Bonchev–Trinajstić information content (AvgIpc) is 2.82. The summed E-state index contributed by atoms with van der Waals surface area (Å²) in [5.41, 5.74) is 0.334. The largest absolute Gasteiger partial charge is 0.478 e. The molecule has 96 valence electrons. The van der Waals surface area contributed by atoms with Gasteiger partial charge in [0.2, 0.25) is 5.60 Å². The summed E-state index contributed by atoms with van der Waals surface area (Å²) in [6.07, 6.45) is 0.278. The van der Waals surface area contributed by atoms with Gasteiger partial charge in [-0.2, -0.15) is 0 Å². The molecule has 0 unspecified atom stereocenters. The molecule has 19 heavy (non-hydrogen) atoms. The smallest absolute Gasteiger partial charge is 0.351 e. The van der Waals surface area contributed by atoms with Gasteiger partial charge < -0.3 is 9.94 Å². The van der Waals surface area contributed by atoms with Crippen molar-refractivity contribution >= 4 is 22.5 Å². The molecule has 1 heterocycles. The van der Waals surface area contributed by atoms with Crippen LogP contribution in [-0.2, 0) is 9.63 Å². The molecule has 0 saturated heterocycles. The van der Waals surface area contributed by atoms with Gasteiger partial charge in [-0.25, -0.2) is 4.79 Å². The molecule has 0 bridgehead atoms. The molecule has 0 spiro atoms. The lowest BCUT2D eigenvalue weighted by molar-refractivity contribution is -0.160. The van der Waals surface area contributed by atoms with Crippen LogP contribution in [-0.4, -0.2) is 22.4 Å². The SMILES string of the molecule is C[C@@]1(C(=O)O)CC(c2ccc3ccccc3c2)=NO1. The number of benzene rings is 2. The van der Waals surface area contributed by atoms with Crippen LogP contribution < -0.4 is 0 Å². The Morgan fingerprint density at radius 3 is 2.68 bits per heavy atom. The third-order valence-corrected chi connectivity index (χ3v) is 3.40. The quantitative estimate of drug-likeness (QED) is 0.897. The van der Waals surface area contributed by atoms with Gasteiger partial charge in [0.15, 0.2) is 0 Å². The van der Waals surface area contributed by atoms with Gasteiger partial charge >= 0.3 is 5.97 Å². The van der Waals surface area contributed by atoms with Crippen LogP contribution in [0.1, 0.15) is 18.9 Å². The summed E-state index contributed by atoms with van der Waals surface area (Å²) in [6.45, 7) is 1.53. The number of carboxylic acids is 1. The Bertz CT molecular complexity index is 693. The summed E-state index contributed by atoms with van der Waals surface area (Å²) < 4.78 is 0. The zero-order chi connectivity index (χ0) is 13.5. The predicted molar refractivity (Wildman–Crippen MR) is 72.2 cm³/mol. The van der Waals surface area contributed by atoms with Gasteiger partial charge in [-0.05, 0) is 23.8 Å². The standard InChI is InChI=1S/C15H13NO3/c1-15(14(17)18)9-13(16-19-15)12-7-6-10-4-2-3-5-11(10)8-12/h2-8H,9H2,1H3,(H,17,18)/t15-/m0/s1. The van der Waals surface area contributed by atoms with Gasteiger partial charge in [0.25, 0.3) is 0 Å². The molecule has 0 aromatic heterocycles. The van der Waals surface area contributed by atoms with Crippen LogP contribution in [0.3, 0.4) is 0 Å². The zero-order valence-corrected chi connectivity index (χ0v) is 10.5. The average molecular weight is 255 g/mol. The lowest BCUT2D eigenvalue weighted by Crippen LogP contribution is -2.35. The van der Waals surface area contributed by atoms with Crippen molar-refractivity contribution in [1.29, 1.82) is 0 Å². The first kappa shape index (κ1) is 11.7. The summed E-state index contributed by atoms with van der Waals surface area (Å²) in [7, 11) is 0. The lowest BCUT2D eigenvalue weighted by atomic mass is 9.95. The molecule has 2 aromatic carbocycles. The minimum Gasteiger partial charge on any atom is -0.478 e. The first-order valence-corrected chi connectivity index (χ1v) is 6.06. The van der Waals surface area contributed by atoms with E-state index in [4.69, 9.17) is 9.94 Å². The fourth-order valence-electron chi connectivity index (χ4n) is 2.18. The van der Waals surface area contributed by atoms with Crippen molar-refractivity contribution in [2.45, 2.75) is 18.9 Å². The maximum Gasteiger partial charge on any atom is 0.351 e. The fraction of sp³-hybridized carbons (Fsp3) is 0.200. The number of hydrogen-bond donors (Lipinski definition) is 1.